The van der Waals surface area contributed by atoms with Crippen LogP contribution in [0.1, 0.15) is 12.0 Å². The van der Waals surface area contributed by atoms with Crippen molar-refractivity contribution in [3.63, 3.8) is 0 Å². The smallest absolute Gasteiger partial charge is 0.414 e. The maximum atomic E-state index is 11.1. The maximum Gasteiger partial charge on any atom is 0.414 e. The van der Waals surface area contributed by atoms with Crippen molar-refractivity contribution in [1.82, 2.24) is 20.1 Å². The molecule has 176 valence electrons. The van der Waals surface area contributed by atoms with Gasteiger partial charge in [0.15, 0.2) is 10.9 Å². The summed E-state index contributed by atoms with van der Waals surface area (Å²) in [7, 11) is 1.40. The lowest BCUT2D eigenvalue weighted by Gasteiger charge is -2.09. The van der Waals surface area contributed by atoms with Crippen LogP contribution >= 0.6 is 11.8 Å². The minimum Gasteiger partial charge on any atom is -0.473 e. The van der Waals surface area contributed by atoms with E-state index >= 15 is 0 Å². The Morgan fingerprint density at radius 3 is 2.39 bits per heavy atom. The summed E-state index contributed by atoms with van der Waals surface area (Å²) >= 11 is 1.62. The Bertz CT molecular complexity index is 1010. The Balaban J connectivity index is 0.000000569. The molecule has 0 aliphatic heterocycles. The van der Waals surface area contributed by atoms with Crippen molar-refractivity contribution in [3.8, 4) is 11.6 Å². The van der Waals surface area contributed by atoms with Crippen molar-refractivity contribution < 1.29 is 33.8 Å². The van der Waals surface area contributed by atoms with Gasteiger partial charge in [0.2, 0.25) is 5.82 Å². The number of rotatable bonds is 10. The number of aromatic nitrogens is 3. The second-order valence-electron chi connectivity index (χ2n) is 6.39. The fraction of sp³-hybridized carbons (Fsp3) is 0.286. The number of carboxylic acids is 2. The van der Waals surface area contributed by atoms with E-state index < -0.39 is 11.9 Å². The number of carbonyl (C=O) groups is 3. The Kier molecular flexibility index (Phi) is 10.6. The second-order valence-corrected chi connectivity index (χ2v) is 7.45. The molecular formula is C21H24N4O7S. The fourth-order valence-electron chi connectivity index (χ4n) is 2.52. The van der Waals surface area contributed by atoms with Crippen LogP contribution in [0.2, 0.25) is 0 Å². The zero-order valence-corrected chi connectivity index (χ0v) is 18.7. The van der Waals surface area contributed by atoms with Gasteiger partial charge in [-0.3, -0.25) is 9.36 Å². The molecule has 11 nitrogen and oxygen atoms in total. The van der Waals surface area contributed by atoms with Crippen LogP contribution in [0.4, 0.5) is 0 Å². The van der Waals surface area contributed by atoms with Crippen molar-refractivity contribution in [1.29, 1.82) is 0 Å². The Labute approximate surface area is 193 Å². The van der Waals surface area contributed by atoms with Gasteiger partial charge in [-0.2, -0.15) is 0 Å². The third-order valence-corrected chi connectivity index (χ3v) is 5.04. The van der Waals surface area contributed by atoms with Crippen LogP contribution in [0.25, 0.3) is 11.6 Å². The van der Waals surface area contributed by atoms with Crippen molar-refractivity contribution in [3.05, 3.63) is 54.3 Å². The number of aliphatic carboxylic acids is 2. The summed E-state index contributed by atoms with van der Waals surface area (Å²) in [4.78, 5) is 29.3. The predicted octanol–water partition coefficient (Wildman–Crippen LogP) is 1.99. The molecule has 33 heavy (non-hydrogen) atoms. The molecule has 0 amide bonds. The number of methoxy groups -OCH3 is 1. The van der Waals surface area contributed by atoms with Crippen LogP contribution in [0.3, 0.4) is 0 Å². The number of ether oxygens (including phenoxy) is 1. The lowest BCUT2D eigenvalue weighted by Crippen LogP contribution is -2.21. The lowest BCUT2D eigenvalue weighted by molar-refractivity contribution is -0.159. The Hall–Kier alpha value is -3.64. The standard InChI is InChI=1S/C19H22N4O3S.C2H2O4/c1-25-17(24)9-10-20-11-13-27-19-22-21-18(16-8-5-12-26-16)23(19)14-15-6-3-2-4-7-15;3-1(4)2(5)6/h2-8,12,20H,9-11,13-14H2,1H3;(H,3,4)(H,5,6). The van der Waals surface area contributed by atoms with Gasteiger partial charge >= 0.3 is 17.9 Å². The first-order valence-electron chi connectivity index (χ1n) is 9.80. The molecule has 2 aromatic heterocycles. The zero-order chi connectivity index (χ0) is 24.1. The maximum absolute atomic E-state index is 11.1. The van der Waals surface area contributed by atoms with Crippen molar-refractivity contribution in [2.75, 3.05) is 26.0 Å². The Morgan fingerprint density at radius 1 is 1.06 bits per heavy atom. The van der Waals surface area contributed by atoms with Crippen LogP contribution in [0.15, 0.2) is 58.3 Å². The van der Waals surface area contributed by atoms with Crippen LogP contribution < -0.4 is 5.32 Å². The van der Waals surface area contributed by atoms with E-state index in [-0.39, 0.29) is 5.97 Å². The molecule has 0 fully saturated rings. The molecule has 3 N–H and O–H groups in total. The fourth-order valence-corrected chi connectivity index (χ4v) is 3.36. The van der Waals surface area contributed by atoms with E-state index in [1.54, 1.807) is 18.0 Å². The summed E-state index contributed by atoms with van der Waals surface area (Å²) in [5.41, 5.74) is 1.17. The summed E-state index contributed by atoms with van der Waals surface area (Å²) in [6.07, 6.45) is 2.00. The van der Waals surface area contributed by atoms with Crippen molar-refractivity contribution in [2.24, 2.45) is 0 Å². The number of hydrogen-bond donors (Lipinski definition) is 3. The van der Waals surface area contributed by atoms with E-state index in [2.05, 4.69) is 37.0 Å². The molecule has 3 rings (SSSR count). The summed E-state index contributed by atoms with van der Waals surface area (Å²) in [5, 5.41) is 27.5. The monoisotopic (exact) mass is 476 g/mol. The van der Waals surface area contributed by atoms with Crippen LogP contribution in [0, 0.1) is 0 Å². The van der Waals surface area contributed by atoms with Gasteiger partial charge in [0.25, 0.3) is 0 Å². The largest absolute Gasteiger partial charge is 0.473 e. The average molecular weight is 477 g/mol. The van der Waals surface area contributed by atoms with E-state index in [9.17, 15) is 4.79 Å². The van der Waals surface area contributed by atoms with Gasteiger partial charge in [-0.05, 0) is 17.7 Å². The molecule has 1 aromatic carbocycles. The predicted molar refractivity (Wildman–Crippen MR) is 119 cm³/mol. The minimum absolute atomic E-state index is 0.208. The highest BCUT2D eigenvalue weighted by Crippen LogP contribution is 2.25. The third kappa shape index (κ3) is 8.79. The normalized spacial score (nSPS) is 10.2. The second kappa shape index (κ2) is 13.7. The number of benzene rings is 1. The van der Waals surface area contributed by atoms with Crippen molar-refractivity contribution in [2.45, 2.75) is 18.1 Å². The minimum atomic E-state index is -1.82. The first kappa shape index (κ1) is 25.6. The molecule has 0 atom stereocenters. The van der Waals surface area contributed by atoms with Crippen molar-refractivity contribution >= 4 is 29.7 Å². The van der Waals surface area contributed by atoms with E-state index in [0.717, 1.165) is 17.5 Å². The molecule has 0 unspecified atom stereocenters. The quantitative estimate of drug-likeness (QED) is 0.170. The molecule has 2 heterocycles. The first-order chi connectivity index (χ1) is 15.9. The summed E-state index contributed by atoms with van der Waals surface area (Å²) in [6, 6.07) is 13.9. The van der Waals surface area contributed by atoms with Gasteiger partial charge in [-0.1, -0.05) is 42.1 Å². The zero-order valence-electron chi connectivity index (χ0n) is 17.8. The number of esters is 1. The number of furan rings is 1. The highest BCUT2D eigenvalue weighted by Gasteiger charge is 2.16. The average Bonchev–Trinajstić information content (AvgIpc) is 3.47. The van der Waals surface area contributed by atoms with Crippen LogP contribution in [0.5, 0.6) is 0 Å². The molecule has 0 spiro atoms. The van der Waals surface area contributed by atoms with Gasteiger partial charge in [-0.25, -0.2) is 9.59 Å². The van der Waals surface area contributed by atoms with E-state index in [0.29, 0.717) is 31.1 Å². The topological polar surface area (TPSA) is 157 Å². The van der Waals surface area contributed by atoms with E-state index in [1.807, 2.05) is 30.3 Å². The highest BCUT2D eigenvalue weighted by atomic mass is 32.2. The molecule has 0 aliphatic carbocycles. The number of nitrogens with zero attached hydrogens (tertiary/aromatic N) is 3. The summed E-state index contributed by atoms with van der Waals surface area (Å²) in [6.45, 7) is 2.03. The molecule has 0 saturated carbocycles. The first-order valence-corrected chi connectivity index (χ1v) is 10.8. The Morgan fingerprint density at radius 2 is 1.79 bits per heavy atom. The highest BCUT2D eigenvalue weighted by molar-refractivity contribution is 7.99. The molecule has 12 heteroatoms. The summed E-state index contributed by atoms with van der Waals surface area (Å²) < 4.78 is 12.2. The van der Waals surface area contributed by atoms with Gasteiger partial charge in [0, 0.05) is 18.8 Å². The SMILES string of the molecule is COC(=O)CCNCCSc1nnc(-c2ccco2)n1Cc1ccccc1.O=C(O)C(=O)O. The molecule has 0 radical (unpaired) electrons. The number of hydrogen-bond acceptors (Lipinski definition) is 9. The van der Waals surface area contributed by atoms with E-state index in [4.69, 9.17) is 24.2 Å². The van der Waals surface area contributed by atoms with Gasteiger partial charge < -0.3 is 24.7 Å². The molecular weight excluding hydrogens is 452 g/mol. The molecule has 0 saturated heterocycles. The van der Waals surface area contributed by atoms with Crippen LogP contribution in [-0.4, -0.2) is 68.8 Å². The molecule has 0 bridgehead atoms. The number of carbonyl (C=O) groups excluding carboxylic acids is 1. The molecule has 3 aromatic rings. The van der Waals surface area contributed by atoms with E-state index in [1.165, 1.54) is 12.7 Å². The van der Waals surface area contributed by atoms with Crippen LogP contribution in [-0.2, 0) is 25.7 Å². The third-order valence-electron chi connectivity index (χ3n) is 4.07. The number of carboxylic acid groups (broad SMARTS) is 2. The molecule has 0 aliphatic rings. The summed E-state index contributed by atoms with van der Waals surface area (Å²) in [5.74, 6) is -1.64. The van der Waals surface area contributed by atoms with Gasteiger partial charge in [-0.15, -0.1) is 10.2 Å². The number of thioether (sulfide) groups is 1. The number of nitrogens with one attached hydrogen (secondary N) is 1. The van der Waals surface area contributed by atoms with Gasteiger partial charge in [0.1, 0.15) is 0 Å². The van der Waals surface area contributed by atoms with Gasteiger partial charge in [0.05, 0.1) is 26.3 Å². The lowest BCUT2D eigenvalue weighted by atomic mass is 10.2.